The average molecular weight is 350 g/mol. The van der Waals surface area contributed by atoms with Gasteiger partial charge in [-0.15, -0.1) is 0 Å². The molecule has 2 aromatic carbocycles. The van der Waals surface area contributed by atoms with Gasteiger partial charge in [0.15, 0.2) is 0 Å². The number of benzene rings is 2. The fourth-order valence-corrected chi connectivity index (χ4v) is 2.35. The molecule has 5 nitrogen and oxygen atoms in total. The van der Waals surface area contributed by atoms with Crippen LogP contribution in [0.4, 0.5) is 5.69 Å². The summed E-state index contributed by atoms with van der Waals surface area (Å²) in [5, 5.41) is 21.2. The Morgan fingerprint density at radius 2 is 1.90 bits per heavy atom. The van der Waals surface area contributed by atoms with E-state index in [0.717, 1.165) is 0 Å². The van der Waals surface area contributed by atoms with E-state index in [-0.39, 0.29) is 11.3 Å². The Morgan fingerprint density at radius 3 is 2.57 bits per heavy atom. The average Bonchev–Trinajstić information content (AvgIpc) is 2.41. The largest absolute Gasteiger partial charge is 0.508 e. The van der Waals surface area contributed by atoms with E-state index in [1.54, 1.807) is 25.1 Å². The van der Waals surface area contributed by atoms with Crippen LogP contribution in [0, 0.1) is 6.92 Å². The van der Waals surface area contributed by atoms with Gasteiger partial charge in [-0.1, -0.05) is 22.0 Å². The number of carbonyl (C=O) groups excluding carboxylic acids is 1. The minimum Gasteiger partial charge on any atom is -0.508 e. The number of rotatable bonds is 3. The molecule has 0 unspecified atom stereocenters. The van der Waals surface area contributed by atoms with Crippen molar-refractivity contribution in [2.75, 3.05) is 5.32 Å². The molecule has 0 saturated carbocycles. The van der Waals surface area contributed by atoms with E-state index < -0.39 is 11.9 Å². The van der Waals surface area contributed by atoms with Gasteiger partial charge in [0.25, 0.3) is 5.91 Å². The maximum absolute atomic E-state index is 12.2. The van der Waals surface area contributed by atoms with Gasteiger partial charge in [-0.3, -0.25) is 4.79 Å². The Balaban J connectivity index is 2.31. The SMILES string of the molecule is Cc1c(O)cccc1C(=O)Nc1cc(Br)cc(C(=O)O)c1. The second-order valence-electron chi connectivity index (χ2n) is 4.44. The van der Waals surface area contributed by atoms with E-state index in [9.17, 15) is 14.7 Å². The Morgan fingerprint density at radius 1 is 1.19 bits per heavy atom. The highest BCUT2D eigenvalue weighted by Gasteiger charge is 2.13. The van der Waals surface area contributed by atoms with Crippen molar-refractivity contribution in [2.45, 2.75) is 6.92 Å². The van der Waals surface area contributed by atoms with Crippen molar-refractivity contribution in [3.63, 3.8) is 0 Å². The number of phenols is 1. The number of carbonyl (C=O) groups is 2. The van der Waals surface area contributed by atoms with Crippen LogP contribution in [0.25, 0.3) is 0 Å². The zero-order chi connectivity index (χ0) is 15.6. The zero-order valence-electron chi connectivity index (χ0n) is 11.1. The molecule has 6 heteroatoms. The van der Waals surface area contributed by atoms with Crippen molar-refractivity contribution >= 4 is 33.5 Å². The molecule has 21 heavy (non-hydrogen) atoms. The summed E-state index contributed by atoms with van der Waals surface area (Å²) >= 11 is 3.20. The summed E-state index contributed by atoms with van der Waals surface area (Å²) in [5.74, 6) is -1.47. The van der Waals surface area contributed by atoms with E-state index in [2.05, 4.69) is 21.2 Å². The predicted octanol–water partition coefficient (Wildman–Crippen LogP) is 3.41. The molecule has 2 rings (SSSR count). The van der Waals surface area contributed by atoms with Gasteiger partial charge >= 0.3 is 5.97 Å². The minimum atomic E-state index is -1.08. The molecule has 1 amide bonds. The Bertz CT molecular complexity index is 728. The molecule has 0 atom stereocenters. The van der Waals surface area contributed by atoms with Gasteiger partial charge in [0, 0.05) is 21.3 Å². The first-order chi connectivity index (χ1) is 9.88. The van der Waals surface area contributed by atoms with Gasteiger partial charge in [-0.05, 0) is 37.3 Å². The van der Waals surface area contributed by atoms with Crippen LogP contribution >= 0.6 is 15.9 Å². The number of carboxylic acids is 1. The van der Waals surface area contributed by atoms with E-state index >= 15 is 0 Å². The fourth-order valence-electron chi connectivity index (χ4n) is 1.85. The van der Waals surface area contributed by atoms with Crippen LogP contribution in [-0.2, 0) is 0 Å². The number of aromatic hydroxyl groups is 1. The molecular formula is C15H12BrNO4. The maximum atomic E-state index is 12.2. The molecule has 108 valence electrons. The number of halogens is 1. The lowest BCUT2D eigenvalue weighted by Gasteiger charge is -2.10. The lowest BCUT2D eigenvalue weighted by Crippen LogP contribution is -2.14. The van der Waals surface area contributed by atoms with Crippen LogP contribution in [0.2, 0.25) is 0 Å². The third-order valence-corrected chi connectivity index (χ3v) is 3.41. The van der Waals surface area contributed by atoms with Crippen LogP contribution < -0.4 is 5.32 Å². The molecule has 0 bridgehead atoms. The quantitative estimate of drug-likeness (QED) is 0.792. The van der Waals surface area contributed by atoms with Gasteiger partial charge < -0.3 is 15.5 Å². The normalized spacial score (nSPS) is 10.2. The molecule has 0 aliphatic heterocycles. The zero-order valence-corrected chi connectivity index (χ0v) is 12.6. The summed E-state index contributed by atoms with van der Waals surface area (Å²) in [6.07, 6.45) is 0. The predicted molar refractivity (Wildman–Crippen MR) is 81.9 cm³/mol. The first kappa shape index (κ1) is 15.1. The Kier molecular flexibility index (Phi) is 4.28. The molecule has 0 aliphatic rings. The van der Waals surface area contributed by atoms with Gasteiger partial charge in [-0.25, -0.2) is 4.79 Å². The van der Waals surface area contributed by atoms with Gasteiger partial charge in [0.1, 0.15) is 5.75 Å². The third-order valence-electron chi connectivity index (χ3n) is 2.95. The van der Waals surface area contributed by atoms with Gasteiger partial charge in [0.05, 0.1) is 5.56 Å². The summed E-state index contributed by atoms with van der Waals surface area (Å²) in [6, 6.07) is 9.05. The molecule has 0 saturated heterocycles. The molecule has 0 heterocycles. The van der Waals surface area contributed by atoms with Crippen LogP contribution in [0.1, 0.15) is 26.3 Å². The molecule has 0 aliphatic carbocycles. The lowest BCUT2D eigenvalue weighted by atomic mass is 10.1. The monoisotopic (exact) mass is 349 g/mol. The van der Waals surface area contributed by atoms with Crippen molar-refractivity contribution in [1.29, 1.82) is 0 Å². The van der Waals surface area contributed by atoms with E-state index in [1.807, 2.05) is 0 Å². The molecule has 0 radical (unpaired) electrons. The maximum Gasteiger partial charge on any atom is 0.335 e. The van der Waals surface area contributed by atoms with E-state index in [1.165, 1.54) is 18.2 Å². The van der Waals surface area contributed by atoms with Crippen molar-refractivity contribution in [3.8, 4) is 5.75 Å². The van der Waals surface area contributed by atoms with Gasteiger partial charge in [-0.2, -0.15) is 0 Å². The van der Waals surface area contributed by atoms with Crippen LogP contribution in [0.15, 0.2) is 40.9 Å². The number of amides is 1. The number of hydrogen-bond donors (Lipinski definition) is 3. The highest BCUT2D eigenvalue weighted by Crippen LogP contribution is 2.23. The summed E-state index contributed by atoms with van der Waals surface area (Å²) < 4.78 is 0.547. The minimum absolute atomic E-state index is 0.0307. The van der Waals surface area contributed by atoms with Crippen LogP contribution in [0.5, 0.6) is 5.75 Å². The fraction of sp³-hybridized carbons (Fsp3) is 0.0667. The summed E-state index contributed by atoms with van der Waals surface area (Å²) in [6.45, 7) is 1.63. The molecular weight excluding hydrogens is 338 g/mol. The van der Waals surface area contributed by atoms with Crippen molar-refractivity contribution in [2.24, 2.45) is 0 Å². The second-order valence-corrected chi connectivity index (χ2v) is 5.35. The van der Waals surface area contributed by atoms with E-state index in [4.69, 9.17) is 5.11 Å². The molecule has 0 aromatic heterocycles. The number of anilines is 1. The van der Waals surface area contributed by atoms with Crippen LogP contribution in [-0.4, -0.2) is 22.1 Å². The molecule has 2 aromatic rings. The second kappa shape index (κ2) is 5.97. The summed E-state index contributed by atoms with van der Waals surface area (Å²) in [5.41, 5.74) is 1.21. The number of carboxylic acid groups (broad SMARTS) is 1. The summed E-state index contributed by atoms with van der Waals surface area (Å²) in [7, 11) is 0. The Hall–Kier alpha value is -2.34. The number of phenolic OH excluding ortho intramolecular Hbond substituents is 1. The topological polar surface area (TPSA) is 86.6 Å². The van der Waals surface area contributed by atoms with Crippen LogP contribution in [0.3, 0.4) is 0 Å². The highest BCUT2D eigenvalue weighted by atomic mass is 79.9. The first-order valence-electron chi connectivity index (χ1n) is 6.02. The number of hydrogen-bond acceptors (Lipinski definition) is 3. The standard InChI is InChI=1S/C15H12BrNO4/c1-8-12(3-2-4-13(8)18)14(19)17-11-6-9(15(20)21)5-10(16)7-11/h2-7,18H,1H3,(H,17,19)(H,20,21). The van der Waals surface area contributed by atoms with Crippen molar-refractivity contribution in [1.82, 2.24) is 0 Å². The number of nitrogens with one attached hydrogen (secondary N) is 1. The Labute approximate surface area is 129 Å². The molecule has 3 N–H and O–H groups in total. The van der Waals surface area contributed by atoms with Crippen molar-refractivity contribution < 1.29 is 19.8 Å². The summed E-state index contributed by atoms with van der Waals surface area (Å²) in [4.78, 5) is 23.2. The highest BCUT2D eigenvalue weighted by molar-refractivity contribution is 9.10. The lowest BCUT2D eigenvalue weighted by molar-refractivity contribution is 0.0696. The molecule has 0 spiro atoms. The van der Waals surface area contributed by atoms with Crippen molar-refractivity contribution in [3.05, 3.63) is 57.6 Å². The van der Waals surface area contributed by atoms with Gasteiger partial charge in [0.2, 0.25) is 0 Å². The van der Waals surface area contributed by atoms with E-state index in [0.29, 0.717) is 21.3 Å². The third kappa shape index (κ3) is 3.41. The number of aromatic carboxylic acids is 1. The first-order valence-corrected chi connectivity index (χ1v) is 6.81. The smallest absolute Gasteiger partial charge is 0.335 e. The molecule has 0 fully saturated rings.